The zero-order valence-corrected chi connectivity index (χ0v) is 17.5. The molecule has 12 nitrogen and oxygen atoms in total. The van der Waals surface area contributed by atoms with Gasteiger partial charge >= 0.3 is 5.97 Å². The normalized spacial score (nSPS) is 14.8. The third-order valence-electron chi connectivity index (χ3n) is 3.61. The number of nitrogens with two attached hydrogens (primary N) is 2. The van der Waals surface area contributed by atoms with Crippen LogP contribution in [0.25, 0.3) is 0 Å². The maximum Gasteiger partial charge on any atom is 0.326 e. The van der Waals surface area contributed by atoms with E-state index in [-0.39, 0.29) is 12.2 Å². The smallest absolute Gasteiger partial charge is 0.326 e. The SMILES string of the molecule is CSCCC(NC(=O)C(CS)NC(=O)C(N)CO)C(=O)NC(CC(N)=O)C(=O)O. The second-order valence-electron chi connectivity index (χ2n) is 5.95. The number of hydrogen-bond acceptors (Lipinski definition) is 9. The van der Waals surface area contributed by atoms with Crippen molar-refractivity contribution in [1.82, 2.24) is 16.0 Å². The lowest BCUT2D eigenvalue weighted by Crippen LogP contribution is -2.58. The predicted octanol–water partition coefficient (Wildman–Crippen LogP) is -3.60. The standard InChI is InChI=1S/C15H27N5O7S2/c1-29-3-2-8(13(24)19-9(15(26)27)4-11(17)22)18-14(25)10(6-28)20-12(23)7(16)5-21/h7-10,21,28H,2-6,16H2,1H3,(H2,17,22)(H,18,25)(H,19,24)(H,20,23)(H,26,27). The van der Waals surface area contributed by atoms with Crippen molar-refractivity contribution in [2.24, 2.45) is 11.5 Å². The summed E-state index contributed by atoms with van der Waals surface area (Å²) in [5.74, 6) is -4.38. The van der Waals surface area contributed by atoms with E-state index in [2.05, 4.69) is 28.6 Å². The third kappa shape index (κ3) is 10.3. The van der Waals surface area contributed by atoms with E-state index in [0.717, 1.165) is 0 Å². The summed E-state index contributed by atoms with van der Waals surface area (Å²) in [5.41, 5.74) is 10.4. The molecule has 0 heterocycles. The molecule has 0 aliphatic carbocycles. The lowest BCUT2D eigenvalue weighted by molar-refractivity contribution is -0.143. The quantitative estimate of drug-likeness (QED) is 0.122. The largest absolute Gasteiger partial charge is 0.480 e. The molecule has 4 amide bonds. The molecule has 166 valence electrons. The van der Waals surface area contributed by atoms with Gasteiger partial charge in [0.25, 0.3) is 0 Å². The minimum absolute atomic E-state index is 0.119. The molecular formula is C15H27N5O7S2. The Morgan fingerprint density at radius 3 is 1.97 bits per heavy atom. The van der Waals surface area contributed by atoms with Gasteiger partial charge in [-0.15, -0.1) is 0 Å². The molecule has 0 saturated heterocycles. The molecule has 0 saturated carbocycles. The van der Waals surface area contributed by atoms with Gasteiger partial charge in [-0.05, 0) is 18.4 Å². The predicted molar refractivity (Wildman–Crippen MR) is 109 cm³/mol. The summed E-state index contributed by atoms with van der Waals surface area (Å²) in [6, 6.07) is -5.05. The number of nitrogens with one attached hydrogen (secondary N) is 3. The summed E-state index contributed by atoms with van der Waals surface area (Å²) in [5, 5.41) is 24.9. The van der Waals surface area contributed by atoms with Gasteiger partial charge in [-0.25, -0.2) is 4.79 Å². The van der Waals surface area contributed by atoms with Gasteiger partial charge in [0, 0.05) is 5.75 Å². The molecule has 29 heavy (non-hydrogen) atoms. The molecule has 0 spiro atoms. The van der Waals surface area contributed by atoms with Crippen LogP contribution in [-0.2, 0) is 24.0 Å². The van der Waals surface area contributed by atoms with Gasteiger partial charge in [0.2, 0.25) is 23.6 Å². The number of hydrogen-bond donors (Lipinski definition) is 8. The number of aliphatic hydroxyl groups excluding tert-OH is 1. The number of carboxylic acid groups (broad SMARTS) is 1. The zero-order valence-electron chi connectivity index (χ0n) is 15.8. The first-order valence-electron chi connectivity index (χ1n) is 8.45. The van der Waals surface area contributed by atoms with Crippen LogP contribution in [0.4, 0.5) is 0 Å². The van der Waals surface area contributed by atoms with E-state index in [1.807, 2.05) is 0 Å². The Labute approximate surface area is 177 Å². The highest BCUT2D eigenvalue weighted by Gasteiger charge is 2.30. The third-order valence-corrected chi connectivity index (χ3v) is 4.62. The number of carbonyl (C=O) groups is 5. The average molecular weight is 454 g/mol. The molecule has 0 aromatic heterocycles. The van der Waals surface area contributed by atoms with Gasteiger partial charge in [-0.2, -0.15) is 24.4 Å². The van der Waals surface area contributed by atoms with Gasteiger partial charge in [0.1, 0.15) is 24.2 Å². The number of thiol groups is 1. The van der Waals surface area contributed by atoms with Crippen LogP contribution in [0.3, 0.4) is 0 Å². The van der Waals surface area contributed by atoms with Crippen LogP contribution in [0, 0.1) is 0 Å². The van der Waals surface area contributed by atoms with Gasteiger partial charge in [-0.1, -0.05) is 0 Å². The Bertz CT molecular complexity index is 608. The maximum atomic E-state index is 12.5. The highest BCUT2D eigenvalue weighted by Crippen LogP contribution is 2.04. The molecule has 0 aliphatic rings. The average Bonchev–Trinajstić information content (AvgIpc) is 2.66. The van der Waals surface area contributed by atoms with Crippen LogP contribution >= 0.6 is 24.4 Å². The molecule has 0 aromatic carbocycles. The lowest BCUT2D eigenvalue weighted by atomic mass is 10.1. The van der Waals surface area contributed by atoms with E-state index in [0.29, 0.717) is 5.75 Å². The van der Waals surface area contributed by atoms with Crippen molar-refractivity contribution in [1.29, 1.82) is 0 Å². The number of aliphatic hydroxyl groups is 1. The van der Waals surface area contributed by atoms with Gasteiger partial charge in [-0.3, -0.25) is 19.2 Å². The summed E-state index contributed by atoms with van der Waals surface area (Å²) >= 11 is 5.37. The van der Waals surface area contributed by atoms with E-state index >= 15 is 0 Å². The van der Waals surface area contributed by atoms with Crippen molar-refractivity contribution in [3.05, 3.63) is 0 Å². The minimum atomic E-state index is -1.54. The van der Waals surface area contributed by atoms with Crippen LogP contribution in [0.5, 0.6) is 0 Å². The number of amides is 4. The summed E-state index contributed by atoms with van der Waals surface area (Å²) in [6.07, 6.45) is 1.32. The van der Waals surface area contributed by atoms with Crippen LogP contribution in [0.15, 0.2) is 0 Å². The second-order valence-corrected chi connectivity index (χ2v) is 7.30. The topological polar surface area (TPSA) is 214 Å². The van der Waals surface area contributed by atoms with E-state index < -0.39 is 66.8 Å². The first-order valence-corrected chi connectivity index (χ1v) is 10.5. The Balaban J connectivity index is 5.21. The molecule has 14 heteroatoms. The second kappa shape index (κ2) is 14.0. The number of aliphatic carboxylic acids is 1. The number of carbonyl (C=O) groups excluding carboxylic acids is 4. The lowest BCUT2D eigenvalue weighted by Gasteiger charge is -2.24. The molecule has 0 aromatic rings. The van der Waals surface area contributed by atoms with Crippen molar-refractivity contribution < 1.29 is 34.2 Å². The summed E-state index contributed by atoms with van der Waals surface area (Å²) in [7, 11) is 0. The number of carboxylic acids is 1. The molecule has 4 unspecified atom stereocenters. The maximum absolute atomic E-state index is 12.5. The highest BCUT2D eigenvalue weighted by molar-refractivity contribution is 7.98. The molecule has 0 aliphatic heterocycles. The van der Waals surface area contributed by atoms with Crippen molar-refractivity contribution in [2.75, 3.05) is 24.4 Å². The number of primary amides is 1. The van der Waals surface area contributed by atoms with E-state index in [1.54, 1.807) is 6.26 Å². The van der Waals surface area contributed by atoms with Gasteiger partial charge in [0.15, 0.2) is 0 Å². The fraction of sp³-hybridized carbons (Fsp3) is 0.667. The molecule has 0 radical (unpaired) electrons. The van der Waals surface area contributed by atoms with Crippen molar-refractivity contribution in [3.8, 4) is 0 Å². The Hall–Kier alpha value is -2.03. The Morgan fingerprint density at radius 1 is 1.00 bits per heavy atom. The molecule has 9 N–H and O–H groups in total. The number of rotatable bonds is 14. The molecule has 4 atom stereocenters. The summed E-state index contributed by atoms with van der Waals surface area (Å²) in [4.78, 5) is 58.8. The first kappa shape index (κ1) is 27.0. The summed E-state index contributed by atoms with van der Waals surface area (Å²) < 4.78 is 0. The fourth-order valence-corrected chi connectivity index (χ4v) is 2.73. The summed E-state index contributed by atoms with van der Waals surface area (Å²) in [6.45, 7) is -0.623. The van der Waals surface area contributed by atoms with Crippen LogP contribution in [0.2, 0.25) is 0 Å². The van der Waals surface area contributed by atoms with Crippen molar-refractivity contribution >= 4 is 54.0 Å². The van der Waals surface area contributed by atoms with Gasteiger partial charge in [0.05, 0.1) is 13.0 Å². The van der Waals surface area contributed by atoms with Crippen molar-refractivity contribution in [2.45, 2.75) is 37.0 Å². The minimum Gasteiger partial charge on any atom is -0.480 e. The Morgan fingerprint density at radius 2 is 1.52 bits per heavy atom. The highest BCUT2D eigenvalue weighted by atomic mass is 32.2. The van der Waals surface area contributed by atoms with E-state index in [1.165, 1.54) is 11.8 Å². The van der Waals surface area contributed by atoms with E-state index in [4.69, 9.17) is 21.7 Å². The first-order chi connectivity index (χ1) is 13.6. The monoisotopic (exact) mass is 453 g/mol. The Kier molecular flexibility index (Phi) is 13.0. The van der Waals surface area contributed by atoms with Gasteiger partial charge < -0.3 is 37.6 Å². The van der Waals surface area contributed by atoms with Crippen LogP contribution in [-0.4, -0.2) is 88.3 Å². The molecule has 0 fully saturated rings. The zero-order chi connectivity index (χ0) is 22.6. The molecule has 0 bridgehead atoms. The molecular weight excluding hydrogens is 426 g/mol. The molecule has 0 rings (SSSR count). The fourth-order valence-electron chi connectivity index (χ4n) is 2.01. The van der Waals surface area contributed by atoms with E-state index in [9.17, 15) is 24.0 Å². The van der Waals surface area contributed by atoms with Crippen LogP contribution < -0.4 is 27.4 Å². The van der Waals surface area contributed by atoms with Crippen molar-refractivity contribution in [3.63, 3.8) is 0 Å². The number of thioether (sulfide) groups is 1. The van der Waals surface area contributed by atoms with Crippen LogP contribution in [0.1, 0.15) is 12.8 Å².